The molecule has 0 aliphatic heterocycles. The first kappa shape index (κ1) is 37.6. The standard InChI is InChI=1S/C34H43ClN10O5/c1-7-22-8-9-23(14-21(22)2)34(49)45(50-6,39-13-11-35)26-17-29(44(5)20-26)33(48)41-25-16-28(43(4)19-25)32(47)40-24-15-27(42(3)18-24)31(46)38-12-10-30(36)37/h8-9,14-20,39H,7,10-13H2,1-6H3,(H5-,36,37,38,40,41,46,47,48)/p+1. The van der Waals surface area contributed by atoms with E-state index >= 15 is 0 Å². The van der Waals surface area contributed by atoms with Crippen LogP contribution in [0.1, 0.15) is 66.3 Å². The van der Waals surface area contributed by atoms with Crippen molar-refractivity contribution in [1.82, 2.24) is 29.2 Å². The highest BCUT2D eigenvalue weighted by Gasteiger charge is 2.44. The van der Waals surface area contributed by atoms with Gasteiger partial charge in [0.2, 0.25) is 5.69 Å². The smallest absolute Gasteiger partial charge is 0.388 e. The first-order valence-corrected chi connectivity index (χ1v) is 16.4. The van der Waals surface area contributed by atoms with Gasteiger partial charge in [-0.05, 0) is 53.5 Å². The van der Waals surface area contributed by atoms with E-state index in [1.54, 1.807) is 65.6 Å². The van der Waals surface area contributed by atoms with E-state index in [0.29, 0.717) is 28.3 Å². The summed E-state index contributed by atoms with van der Waals surface area (Å²) >= 11 is 6.01. The lowest BCUT2D eigenvalue weighted by Crippen LogP contribution is -2.63. The van der Waals surface area contributed by atoms with E-state index in [0.717, 1.165) is 17.5 Å². The number of carbonyl (C=O) groups excluding carboxylic acids is 4. The molecule has 0 radical (unpaired) electrons. The summed E-state index contributed by atoms with van der Waals surface area (Å²) in [5, 5.41) is 15.6. The number of rotatable bonds is 15. The summed E-state index contributed by atoms with van der Waals surface area (Å²) in [5.41, 5.74) is 12.9. The van der Waals surface area contributed by atoms with E-state index in [9.17, 15) is 19.2 Å². The quantitative estimate of drug-likeness (QED) is 0.0358. The molecule has 50 heavy (non-hydrogen) atoms. The molecule has 15 nitrogen and oxygen atoms in total. The average Bonchev–Trinajstić information content (AvgIpc) is 3.76. The van der Waals surface area contributed by atoms with Crippen LogP contribution in [0.25, 0.3) is 0 Å². The zero-order chi connectivity index (χ0) is 36.7. The lowest BCUT2D eigenvalue weighted by molar-refractivity contribution is -0.120. The first-order chi connectivity index (χ1) is 23.7. The zero-order valence-corrected chi connectivity index (χ0v) is 29.8. The average molecular weight is 708 g/mol. The minimum Gasteiger partial charge on any atom is -0.388 e. The number of carbonyl (C=O) groups is 4. The Balaban J connectivity index is 1.52. The van der Waals surface area contributed by atoms with E-state index in [1.807, 2.05) is 26.0 Å². The molecule has 0 aliphatic carbocycles. The van der Waals surface area contributed by atoms with Crippen LogP contribution in [0.3, 0.4) is 0 Å². The molecule has 3 heterocycles. The summed E-state index contributed by atoms with van der Waals surface area (Å²) in [4.78, 5) is 59.2. The molecule has 266 valence electrons. The van der Waals surface area contributed by atoms with Crippen molar-refractivity contribution in [3.8, 4) is 0 Å². The maximum atomic E-state index is 14.0. The number of quaternary nitrogens is 1. The van der Waals surface area contributed by atoms with Crippen LogP contribution in [0.15, 0.2) is 55.0 Å². The fraction of sp³-hybridized carbons (Fsp3) is 0.324. The first-order valence-electron chi connectivity index (χ1n) is 15.9. The molecule has 0 aliphatic rings. The highest BCUT2D eigenvalue weighted by Crippen LogP contribution is 2.28. The highest BCUT2D eigenvalue weighted by atomic mass is 35.5. The second-order valence-electron chi connectivity index (χ2n) is 11.8. The molecule has 4 aromatic rings. The Morgan fingerprint density at radius 2 is 1.42 bits per heavy atom. The fourth-order valence-electron chi connectivity index (χ4n) is 5.59. The lowest BCUT2D eigenvalue weighted by Gasteiger charge is -2.29. The summed E-state index contributed by atoms with van der Waals surface area (Å²) < 4.78 is 3.97. The van der Waals surface area contributed by atoms with Gasteiger partial charge in [0.15, 0.2) is 0 Å². The number of anilines is 2. The van der Waals surface area contributed by atoms with Crippen LogP contribution in [0.5, 0.6) is 0 Å². The van der Waals surface area contributed by atoms with Gasteiger partial charge in [0, 0.05) is 58.4 Å². The SMILES string of the molecule is CCc1ccc(C(=O)[N+](NCCCl)(OC)c2cc(C(=O)Nc3cc(C(=O)Nc4cc(C(=O)NCCC(=N)N)n(C)c4)n(C)c3)n(C)c2)cc1C. The highest BCUT2D eigenvalue weighted by molar-refractivity contribution is 6.18. The summed E-state index contributed by atoms with van der Waals surface area (Å²) in [5.74, 6) is -1.53. The third kappa shape index (κ3) is 8.14. The van der Waals surface area contributed by atoms with Gasteiger partial charge in [0.25, 0.3) is 17.7 Å². The molecule has 16 heteroatoms. The number of hydroxylamine groups is 1. The second-order valence-corrected chi connectivity index (χ2v) is 12.2. The molecule has 1 atom stereocenters. The Labute approximate surface area is 295 Å². The van der Waals surface area contributed by atoms with Crippen molar-refractivity contribution >= 4 is 58.1 Å². The van der Waals surface area contributed by atoms with E-state index in [2.05, 4.69) is 21.4 Å². The second kappa shape index (κ2) is 16.0. The number of halogens is 1. The molecule has 4 amide bonds. The van der Waals surface area contributed by atoms with Crippen LogP contribution >= 0.6 is 11.6 Å². The van der Waals surface area contributed by atoms with Crippen molar-refractivity contribution < 1.29 is 24.0 Å². The molecule has 0 fully saturated rings. The third-order valence-corrected chi connectivity index (χ3v) is 8.41. The van der Waals surface area contributed by atoms with Gasteiger partial charge in [0.05, 0.1) is 42.6 Å². The molecular weight excluding hydrogens is 664 g/mol. The molecule has 0 saturated carbocycles. The summed E-state index contributed by atoms with van der Waals surface area (Å²) in [6.07, 6.45) is 5.89. The minimum absolute atomic E-state index is 0.0322. The van der Waals surface area contributed by atoms with E-state index in [1.165, 1.54) is 19.2 Å². The Bertz CT molecular complexity index is 1930. The number of aromatic nitrogens is 3. The minimum atomic E-state index is -0.740. The predicted octanol–water partition coefficient (Wildman–Crippen LogP) is 3.59. The van der Waals surface area contributed by atoms with Crippen LogP contribution in [-0.2, 0) is 32.4 Å². The van der Waals surface area contributed by atoms with Crippen LogP contribution in [-0.4, -0.2) is 69.2 Å². The van der Waals surface area contributed by atoms with Gasteiger partial charge in [-0.15, -0.1) is 17.0 Å². The van der Waals surface area contributed by atoms with Gasteiger partial charge >= 0.3 is 5.91 Å². The molecule has 0 saturated heterocycles. The van der Waals surface area contributed by atoms with Crippen molar-refractivity contribution in [2.24, 2.45) is 26.9 Å². The van der Waals surface area contributed by atoms with Crippen molar-refractivity contribution in [2.45, 2.75) is 26.7 Å². The van der Waals surface area contributed by atoms with Gasteiger partial charge in [-0.2, -0.15) is 4.84 Å². The number of amidine groups is 1. The van der Waals surface area contributed by atoms with Crippen LogP contribution < -0.4 is 31.9 Å². The number of hydrogen-bond donors (Lipinski definition) is 6. The zero-order valence-electron chi connectivity index (χ0n) is 29.0. The van der Waals surface area contributed by atoms with Gasteiger partial charge in [-0.3, -0.25) is 19.8 Å². The van der Waals surface area contributed by atoms with Gasteiger partial charge in [0.1, 0.15) is 17.1 Å². The van der Waals surface area contributed by atoms with Crippen LogP contribution in [0, 0.1) is 12.3 Å². The van der Waals surface area contributed by atoms with Crippen LogP contribution in [0.4, 0.5) is 17.1 Å². The Morgan fingerprint density at radius 3 is 1.94 bits per heavy atom. The number of alkyl halides is 1. The van der Waals surface area contributed by atoms with Gasteiger partial charge in [-0.25, -0.2) is 4.79 Å². The molecule has 0 bridgehead atoms. The molecular formula is C34H44ClN10O5+. The Hall–Kier alpha value is -5.22. The summed E-state index contributed by atoms with van der Waals surface area (Å²) in [7, 11) is 6.41. The fourth-order valence-corrected chi connectivity index (χ4v) is 5.68. The largest absolute Gasteiger partial charge is 0.403 e. The molecule has 3 aromatic heterocycles. The number of amides is 4. The number of aryl methyl sites for hydroxylation is 5. The Kier molecular flexibility index (Phi) is 12.0. The normalized spacial score (nSPS) is 12.3. The van der Waals surface area contributed by atoms with Crippen molar-refractivity contribution in [3.05, 3.63) is 88.8 Å². The predicted molar refractivity (Wildman–Crippen MR) is 193 cm³/mol. The molecule has 1 aromatic carbocycles. The number of benzene rings is 1. The number of nitrogens with two attached hydrogens (primary N) is 1. The molecule has 7 N–H and O–H groups in total. The molecule has 4 rings (SSSR count). The van der Waals surface area contributed by atoms with Gasteiger partial charge in [-0.1, -0.05) is 13.0 Å². The number of hydrogen-bond acceptors (Lipinski definition) is 7. The maximum Gasteiger partial charge on any atom is 0.403 e. The van der Waals surface area contributed by atoms with E-state index in [-0.39, 0.29) is 48.5 Å². The molecule has 1 unspecified atom stereocenters. The van der Waals surface area contributed by atoms with E-state index in [4.69, 9.17) is 27.6 Å². The Morgan fingerprint density at radius 1 is 0.860 bits per heavy atom. The number of nitrogens with zero attached hydrogens (tertiary/aromatic N) is 4. The lowest BCUT2D eigenvalue weighted by atomic mass is 10.0. The summed E-state index contributed by atoms with van der Waals surface area (Å²) in [6.45, 7) is 4.45. The van der Waals surface area contributed by atoms with E-state index < -0.39 is 22.5 Å². The topological polar surface area (TPSA) is 190 Å². The molecule has 0 spiro atoms. The van der Waals surface area contributed by atoms with Crippen LogP contribution in [0.2, 0.25) is 0 Å². The monoisotopic (exact) mass is 707 g/mol. The van der Waals surface area contributed by atoms with Crippen molar-refractivity contribution in [3.63, 3.8) is 0 Å². The number of nitrogens with one attached hydrogen (secondary N) is 5. The summed E-state index contributed by atoms with van der Waals surface area (Å²) in [6, 6.07) is 10.1. The van der Waals surface area contributed by atoms with Crippen molar-refractivity contribution in [1.29, 1.82) is 5.41 Å². The maximum absolute atomic E-state index is 14.0. The third-order valence-electron chi connectivity index (χ3n) is 8.22. The van der Waals surface area contributed by atoms with Gasteiger partial charge < -0.3 is 35.4 Å². The van der Waals surface area contributed by atoms with Crippen molar-refractivity contribution in [2.75, 3.05) is 36.7 Å².